The first-order valence-corrected chi connectivity index (χ1v) is 9.91. The molecule has 160 valence electrons. The third-order valence-corrected chi connectivity index (χ3v) is 4.45. The Morgan fingerprint density at radius 3 is 2.17 bits per heavy atom. The van der Waals surface area contributed by atoms with Gasteiger partial charge in [0.2, 0.25) is 0 Å². The lowest BCUT2D eigenvalue weighted by atomic mass is 10.1. The Hall–Kier alpha value is -3.35. The van der Waals surface area contributed by atoms with Crippen LogP contribution in [0.25, 0.3) is 0 Å². The third-order valence-electron chi connectivity index (χ3n) is 4.45. The molecule has 2 aromatic rings. The monoisotopic (exact) mass is 412 g/mol. The standard InChI is InChI=1S/C23H28N2O5/c1-4-17-6-8-18(9-7-17)15-25(3)21(26)16-30-22(27)14-24-23(28)19-10-12-20(13-11-19)29-5-2/h6-13H,4-5,14-16H2,1-3H3,(H,24,28). The number of rotatable bonds is 10. The van der Waals surface area contributed by atoms with Gasteiger partial charge in [-0.25, -0.2) is 0 Å². The maximum atomic E-state index is 12.2. The van der Waals surface area contributed by atoms with Gasteiger partial charge in [-0.3, -0.25) is 14.4 Å². The number of carbonyl (C=O) groups is 3. The van der Waals surface area contributed by atoms with Crippen molar-refractivity contribution in [2.75, 3.05) is 26.8 Å². The van der Waals surface area contributed by atoms with Gasteiger partial charge >= 0.3 is 5.97 Å². The molecule has 0 fully saturated rings. The van der Waals surface area contributed by atoms with Crippen LogP contribution < -0.4 is 10.1 Å². The lowest BCUT2D eigenvalue weighted by Gasteiger charge is -2.17. The molecule has 0 heterocycles. The highest BCUT2D eigenvalue weighted by molar-refractivity contribution is 5.96. The van der Waals surface area contributed by atoms with Crippen molar-refractivity contribution in [1.29, 1.82) is 0 Å². The van der Waals surface area contributed by atoms with E-state index in [1.165, 1.54) is 10.5 Å². The van der Waals surface area contributed by atoms with Crippen LogP contribution in [-0.2, 0) is 27.3 Å². The van der Waals surface area contributed by atoms with Gasteiger partial charge in [0.15, 0.2) is 6.61 Å². The van der Waals surface area contributed by atoms with Gasteiger partial charge in [0.05, 0.1) is 6.61 Å². The molecular weight excluding hydrogens is 384 g/mol. The molecule has 7 nitrogen and oxygen atoms in total. The molecule has 1 N–H and O–H groups in total. The molecule has 0 radical (unpaired) electrons. The first-order valence-electron chi connectivity index (χ1n) is 9.91. The van der Waals surface area contributed by atoms with E-state index >= 15 is 0 Å². The second kappa shape index (κ2) is 11.6. The molecule has 2 aromatic carbocycles. The Balaban J connectivity index is 1.72. The fraction of sp³-hybridized carbons (Fsp3) is 0.348. The van der Waals surface area contributed by atoms with Crippen molar-refractivity contribution in [3.8, 4) is 5.75 Å². The van der Waals surface area contributed by atoms with Gasteiger partial charge in [0.25, 0.3) is 11.8 Å². The van der Waals surface area contributed by atoms with Gasteiger partial charge in [-0.15, -0.1) is 0 Å². The van der Waals surface area contributed by atoms with E-state index in [0.29, 0.717) is 24.5 Å². The van der Waals surface area contributed by atoms with Gasteiger partial charge in [-0.05, 0) is 48.7 Å². The second-order valence-electron chi connectivity index (χ2n) is 6.72. The van der Waals surface area contributed by atoms with Crippen LogP contribution in [0.3, 0.4) is 0 Å². The summed E-state index contributed by atoms with van der Waals surface area (Å²) < 4.78 is 10.3. The molecule has 2 amide bonds. The Morgan fingerprint density at radius 2 is 1.57 bits per heavy atom. The van der Waals surface area contributed by atoms with E-state index in [9.17, 15) is 14.4 Å². The van der Waals surface area contributed by atoms with Crippen molar-refractivity contribution in [3.05, 3.63) is 65.2 Å². The molecule has 0 atom stereocenters. The quantitative estimate of drug-likeness (QED) is 0.607. The van der Waals surface area contributed by atoms with E-state index in [0.717, 1.165) is 12.0 Å². The van der Waals surface area contributed by atoms with Crippen molar-refractivity contribution in [2.24, 2.45) is 0 Å². The van der Waals surface area contributed by atoms with Crippen LogP contribution in [0.5, 0.6) is 5.75 Å². The fourth-order valence-corrected chi connectivity index (χ4v) is 2.67. The predicted octanol–water partition coefficient (Wildman–Crippen LogP) is 2.58. The lowest BCUT2D eigenvalue weighted by molar-refractivity contribution is -0.150. The molecule has 0 aliphatic carbocycles. The number of likely N-dealkylation sites (N-methyl/N-ethyl adjacent to an activating group) is 1. The van der Waals surface area contributed by atoms with E-state index in [1.54, 1.807) is 31.3 Å². The lowest BCUT2D eigenvalue weighted by Crippen LogP contribution is -2.34. The van der Waals surface area contributed by atoms with E-state index in [2.05, 4.69) is 12.2 Å². The largest absolute Gasteiger partial charge is 0.494 e. The summed E-state index contributed by atoms with van der Waals surface area (Å²) in [6.07, 6.45) is 0.958. The van der Waals surface area contributed by atoms with Gasteiger partial charge in [0.1, 0.15) is 12.3 Å². The average Bonchev–Trinajstić information content (AvgIpc) is 2.77. The number of esters is 1. The summed E-state index contributed by atoms with van der Waals surface area (Å²) in [6, 6.07) is 14.6. The van der Waals surface area contributed by atoms with Crippen LogP contribution in [0.15, 0.2) is 48.5 Å². The molecular formula is C23H28N2O5. The van der Waals surface area contributed by atoms with Gasteiger partial charge in [-0.2, -0.15) is 0 Å². The van der Waals surface area contributed by atoms with Crippen molar-refractivity contribution < 1.29 is 23.9 Å². The summed E-state index contributed by atoms with van der Waals surface area (Å²) in [4.78, 5) is 37.6. The molecule has 0 saturated carbocycles. The molecule has 2 rings (SSSR count). The smallest absolute Gasteiger partial charge is 0.325 e. The van der Waals surface area contributed by atoms with Crippen LogP contribution in [0, 0.1) is 0 Å². The van der Waals surface area contributed by atoms with Gasteiger partial charge < -0.3 is 19.7 Å². The van der Waals surface area contributed by atoms with Crippen LogP contribution in [-0.4, -0.2) is 49.5 Å². The number of aryl methyl sites for hydroxylation is 1. The Labute approximate surface area is 177 Å². The average molecular weight is 412 g/mol. The van der Waals surface area contributed by atoms with E-state index in [4.69, 9.17) is 9.47 Å². The minimum atomic E-state index is -0.677. The molecule has 0 bridgehead atoms. The Morgan fingerprint density at radius 1 is 0.933 bits per heavy atom. The molecule has 0 spiro atoms. The number of ether oxygens (including phenoxy) is 2. The predicted molar refractivity (Wildman–Crippen MR) is 113 cm³/mol. The first-order chi connectivity index (χ1) is 14.4. The summed E-state index contributed by atoms with van der Waals surface area (Å²) in [5.41, 5.74) is 2.63. The van der Waals surface area contributed by atoms with Crippen LogP contribution in [0.4, 0.5) is 0 Å². The number of hydrogen-bond donors (Lipinski definition) is 1. The van der Waals surface area contributed by atoms with Crippen LogP contribution in [0.1, 0.15) is 35.3 Å². The topological polar surface area (TPSA) is 84.9 Å². The zero-order valence-electron chi connectivity index (χ0n) is 17.6. The highest BCUT2D eigenvalue weighted by Gasteiger charge is 2.14. The maximum Gasteiger partial charge on any atom is 0.325 e. The summed E-state index contributed by atoms with van der Waals surface area (Å²) in [5.74, 6) is -0.740. The normalized spacial score (nSPS) is 10.2. The van der Waals surface area contributed by atoms with E-state index in [1.807, 2.05) is 31.2 Å². The molecule has 0 aromatic heterocycles. The van der Waals surface area contributed by atoms with Gasteiger partial charge in [0, 0.05) is 19.2 Å². The summed E-state index contributed by atoms with van der Waals surface area (Å²) in [5, 5.41) is 2.47. The Bertz CT molecular complexity index is 847. The zero-order chi connectivity index (χ0) is 21.9. The summed E-state index contributed by atoms with van der Waals surface area (Å²) in [7, 11) is 1.65. The molecule has 0 aliphatic rings. The highest BCUT2D eigenvalue weighted by Crippen LogP contribution is 2.12. The van der Waals surface area contributed by atoms with Crippen molar-refractivity contribution in [2.45, 2.75) is 26.8 Å². The van der Waals surface area contributed by atoms with Crippen LogP contribution >= 0.6 is 0 Å². The molecule has 0 unspecified atom stereocenters. The van der Waals surface area contributed by atoms with Crippen LogP contribution in [0.2, 0.25) is 0 Å². The number of nitrogens with zero attached hydrogens (tertiary/aromatic N) is 1. The van der Waals surface area contributed by atoms with E-state index in [-0.39, 0.29) is 19.1 Å². The molecule has 7 heteroatoms. The number of carbonyl (C=O) groups excluding carboxylic acids is 3. The zero-order valence-corrected chi connectivity index (χ0v) is 17.6. The molecule has 0 aliphatic heterocycles. The van der Waals surface area contributed by atoms with Crippen molar-refractivity contribution in [1.82, 2.24) is 10.2 Å². The SMILES string of the molecule is CCOc1ccc(C(=O)NCC(=O)OCC(=O)N(C)Cc2ccc(CC)cc2)cc1. The number of benzene rings is 2. The number of hydrogen-bond acceptors (Lipinski definition) is 5. The minimum absolute atomic E-state index is 0.318. The third kappa shape index (κ3) is 7.24. The van der Waals surface area contributed by atoms with Crippen molar-refractivity contribution in [3.63, 3.8) is 0 Å². The second-order valence-corrected chi connectivity index (χ2v) is 6.72. The number of nitrogens with one attached hydrogen (secondary N) is 1. The molecule has 30 heavy (non-hydrogen) atoms. The summed E-state index contributed by atoms with van der Waals surface area (Å²) in [6.45, 7) is 4.23. The highest BCUT2D eigenvalue weighted by atomic mass is 16.5. The van der Waals surface area contributed by atoms with E-state index < -0.39 is 11.9 Å². The van der Waals surface area contributed by atoms with Gasteiger partial charge in [-0.1, -0.05) is 31.2 Å². The first kappa shape index (κ1) is 22.9. The summed E-state index contributed by atoms with van der Waals surface area (Å²) >= 11 is 0. The minimum Gasteiger partial charge on any atom is -0.494 e. The fourth-order valence-electron chi connectivity index (χ4n) is 2.67. The Kier molecular flexibility index (Phi) is 8.87. The number of amides is 2. The maximum absolute atomic E-state index is 12.2. The van der Waals surface area contributed by atoms with Crippen molar-refractivity contribution >= 4 is 17.8 Å². The molecule has 0 saturated heterocycles.